The number of para-hydroxylation sites is 1. The normalized spacial score (nSPS) is 13.0. The van der Waals surface area contributed by atoms with Crippen molar-refractivity contribution in [2.45, 2.75) is 65.3 Å². The van der Waals surface area contributed by atoms with Crippen molar-refractivity contribution in [1.82, 2.24) is 15.5 Å². The number of nitriles is 1. The van der Waals surface area contributed by atoms with Crippen LogP contribution in [0.4, 0.5) is 4.79 Å². The average molecular weight is 418 g/mol. The molecule has 0 aliphatic carbocycles. The number of amides is 3. The zero-order valence-corrected chi connectivity index (χ0v) is 18.2. The molecule has 0 saturated carbocycles. The van der Waals surface area contributed by atoms with Crippen LogP contribution in [0.15, 0.2) is 24.3 Å². The number of nitrogens with zero attached hydrogens (tertiary/aromatic N) is 2. The first kappa shape index (κ1) is 24.8. The summed E-state index contributed by atoms with van der Waals surface area (Å²) in [5.41, 5.74) is -0.585. The molecule has 1 aromatic rings. The van der Waals surface area contributed by atoms with Crippen LogP contribution >= 0.6 is 0 Å². The van der Waals surface area contributed by atoms with Crippen molar-refractivity contribution < 1.29 is 24.2 Å². The van der Waals surface area contributed by atoms with E-state index in [1.165, 1.54) is 19.1 Å². The van der Waals surface area contributed by atoms with Gasteiger partial charge in [-0.15, -0.1) is 0 Å². The SMILES string of the molecule is CC(C)NC(=O)C(c1ccccc1O)N(CC#N)C(=O)C(C)NC(=O)OC(C)(C)C. The monoisotopic (exact) mass is 418 g/mol. The van der Waals surface area contributed by atoms with E-state index in [1.54, 1.807) is 46.8 Å². The highest BCUT2D eigenvalue weighted by atomic mass is 16.6. The molecule has 0 aromatic heterocycles. The number of rotatable bonds is 7. The maximum Gasteiger partial charge on any atom is 0.408 e. The van der Waals surface area contributed by atoms with Gasteiger partial charge in [0.2, 0.25) is 11.8 Å². The van der Waals surface area contributed by atoms with E-state index in [2.05, 4.69) is 10.6 Å². The Bertz CT molecular complexity index is 810. The smallest absolute Gasteiger partial charge is 0.408 e. The second kappa shape index (κ2) is 10.5. The van der Waals surface area contributed by atoms with Crippen LogP contribution in [0.5, 0.6) is 5.75 Å². The van der Waals surface area contributed by atoms with Gasteiger partial charge in [0.1, 0.15) is 30.0 Å². The van der Waals surface area contributed by atoms with Crippen molar-refractivity contribution in [1.29, 1.82) is 5.26 Å². The maximum absolute atomic E-state index is 13.1. The van der Waals surface area contributed by atoms with Crippen LogP contribution in [-0.4, -0.2) is 52.1 Å². The van der Waals surface area contributed by atoms with Gasteiger partial charge in [0.05, 0.1) is 6.07 Å². The predicted octanol–water partition coefficient (Wildman–Crippen LogP) is 2.22. The Morgan fingerprint density at radius 1 is 1.17 bits per heavy atom. The van der Waals surface area contributed by atoms with Gasteiger partial charge in [-0.3, -0.25) is 9.59 Å². The van der Waals surface area contributed by atoms with E-state index >= 15 is 0 Å². The fourth-order valence-electron chi connectivity index (χ4n) is 2.70. The molecule has 3 amide bonds. The Kier molecular flexibility index (Phi) is 8.65. The zero-order valence-electron chi connectivity index (χ0n) is 18.2. The second-order valence-corrected chi connectivity index (χ2v) is 8.12. The van der Waals surface area contributed by atoms with Gasteiger partial charge in [-0.05, 0) is 47.6 Å². The van der Waals surface area contributed by atoms with E-state index in [0.717, 1.165) is 4.90 Å². The number of alkyl carbamates (subject to hydrolysis) is 1. The number of carbonyl (C=O) groups excluding carboxylic acids is 3. The van der Waals surface area contributed by atoms with E-state index in [4.69, 9.17) is 4.74 Å². The maximum atomic E-state index is 13.1. The molecule has 2 unspecified atom stereocenters. The van der Waals surface area contributed by atoms with E-state index < -0.39 is 42.1 Å². The summed E-state index contributed by atoms with van der Waals surface area (Å²) in [5, 5.41) is 24.7. The average Bonchev–Trinajstić information content (AvgIpc) is 2.59. The largest absolute Gasteiger partial charge is 0.508 e. The van der Waals surface area contributed by atoms with Gasteiger partial charge in [0, 0.05) is 11.6 Å². The molecule has 3 N–H and O–H groups in total. The molecule has 0 saturated heterocycles. The first-order chi connectivity index (χ1) is 13.9. The van der Waals surface area contributed by atoms with Crippen molar-refractivity contribution in [2.75, 3.05) is 6.54 Å². The first-order valence-electron chi connectivity index (χ1n) is 9.62. The molecular formula is C21H30N4O5. The summed E-state index contributed by atoms with van der Waals surface area (Å²) >= 11 is 0. The van der Waals surface area contributed by atoms with Gasteiger partial charge in [-0.25, -0.2) is 4.79 Å². The lowest BCUT2D eigenvalue weighted by Crippen LogP contribution is -2.52. The molecule has 164 valence electrons. The molecular weight excluding hydrogens is 388 g/mol. The van der Waals surface area contributed by atoms with E-state index in [0.29, 0.717) is 0 Å². The Labute approximate surface area is 177 Å². The minimum atomic E-state index is -1.26. The van der Waals surface area contributed by atoms with Gasteiger partial charge < -0.3 is 25.4 Å². The third kappa shape index (κ3) is 7.28. The quantitative estimate of drug-likeness (QED) is 0.582. The lowest BCUT2D eigenvalue weighted by Gasteiger charge is -2.32. The number of benzene rings is 1. The summed E-state index contributed by atoms with van der Waals surface area (Å²) in [4.78, 5) is 39.1. The molecule has 30 heavy (non-hydrogen) atoms. The Hall–Kier alpha value is -3.28. The lowest BCUT2D eigenvalue weighted by atomic mass is 10.0. The summed E-state index contributed by atoms with van der Waals surface area (Å²) in [5.74, 6) is -1.42. The van der Waals surface area contributed by atoms with Gasteiger partial charge in [-0.1, -0.05) is 18.2 Å². The summed E-state index contributed by atoms with van der Waals surface area (Å²) in [7, 11) is 0. The molecule has 9 heteroatoms. The van der Waals surface area contributed by atoms with E-state index in [9.17, 15) is 24.8 Å². The van der Waals surface area contributed by atoms with Gasteiger partial charge in [0.15, 0.2) is 0 Å². The third-order valence-electron chi connectivity index (χ3n) is 3.85. The second-order valence-electron chi connectivity index (χ2n) is 8.12. The molecule has 0 heterocycles. The number of phenolic OH excluding ortho intramolecular Hbond substituents is 1. The molecule has 0 aliphatic rings. The Balaban J connectivity index is 3.26. The van der Waals surface area contributed by atoms with Crippen LogP contribution in [-0.2, 0) is 14.3 Å². The standard InChI is InChI=1S/C21H30N4O5/c1-13(2)23-18(27)17(15-9-7-8-10-16(15)26)25(12-11-22)19(28)14(3)24-20(29)30-21(4,5)6/h7-10,13-14,17,26H,12H2,1-6H3,(H,23,27)(H,24,29). The number of nitrogens with one attached hydrogen (secondary N) is 2. The van der Waals surface area contributed by atoms with Gasteiger partial charge in [-0.2, -0.15) is 5.26 Å². The van der Waals surface area contributed by atoms with Crippen molar-refractivity contribution in [3.8, 4) is 11.8 Å². The minimum Gasteiger partial charge on any atom is -0.508 e. The number of aromatic hydroxyl groups is 1. The van der Waals surface area contributed by atoms with E-state index in [1.807, 2.05) is 6.07 Å². The van der Waals surface area contributed by atoms with Crippen molar-refractivity contribution >= 4 is 17.9 Å². The van der Waals surface area contributed by atoms with Crippen molar-refractivity contribution in [2.24, 2.45) is 0 Å². The predicted molar refractivity (Wildman–Crippen MR) is 110 cm³/mol. The summed E-state index contributed by atoms with van der Waals surface area (Å²) < 4.78 is 5.16. The Morgan fingerprint density at radius 2 is 1.77 bits per heavy atom. The van der Waals surface area contributed by atoms with Crippen LogP contribution in [0.3, 0.4) is 0 Å². The molecule has 9 nitrogen and oxygen atoms in total. The highest BCUT2D eigenvalue weighted by Crippen LogP contribution is 2.29. The van der Waals surface area contributed by atoms with Crippen LogP contribution in [0.2, 0.25) is 0 Å². The first-order valence-corrected chi connectivity index (χ1v) is 9.62. The molecule has 2 atom stereocenters. The van der Waals surface area contributed by atoms with Crippen LogP contribution in [0, 0.1) is 11.3 Å². The van der Waals surface area contributed by atoms with Crippen molar-refractivity contribution in [3.63, 3.8) is 0 Å². The van der Waals surface area contributed by atoms with E-state index in [-0.39, 0.29) is 17.4 Å². The zero-order chi connectivity index (χ0) is 23.1. The highest BCUT2D eigenvalue weighted by molar-refractivity contribution is 5.92. The number of ether oxygens (including phenoxy) is 1. The van der Waals surface area contributed by atoms with Crippen LogP contribution in [0.25, 0.3) is 0 Å². The molecule has 0 bridgehead atoms. The fraction of sp³-hybridized carbons (Fsp3) is 0.524. The minimum absolute atomic E-state index is 0.170. The van der Waals surface area contributed by atoms with Crippen molar-refractivity contribution in [3.05, 3.63) is 29.8 Å². The molecule has 0 spiro atoms. The number of hydrogen-bond donors (Lipinski definition) is 3. The molecule has 1 rings (SSSR count). The number of carbonyl (C=O) groups is 3. The van der Waals surface area contributed by atoms with Crippen LogP contribution < -0.4 is 10.6 Å². The summed E-state index contributed by atoms with van der Waals surface area (Å²) in [6.45, 7) is 9.57. The number of phenols is 1. The third-order valence-corrected chi connectivity index (χ3v) is 3.85. The van der Waals surface area contributed by atoms with Gasteiger partial charge in [0.25, 0.3) is 0 Å². The van der Waals surface area contributed by atoms with Crippen LogP contribution in [0.1, 0.15) is 53.1 Å². The molecule has 0 aliphatic heterocycles. The topological polar surface area (TPSA) is 132 Å². The summed E-state index contributed by atoms with van der Waals surface area (Å²) in [6.07, 6.45) is -0.800. The summed E-state index contributed by atoms with van der Waals surface area (Å²) in [6, 6.07) is 5.39. The molecule has 0 radical (unpaired) electrons. The number of hydrogen-bond acceptors (Lipinski definition) is 6. The fourth-order valence-corrected chi connectivity index (χ4v) is 2.70. The molecule has 0 fully saturated rings. The highest BCUT2D eigenvalue weighted by Gasteiger charge is 2.36. The Morgan fingerprint density at radius 3 is 2.27 bits per heavy atom. The lowest BCUT2D eigenvalue weighted by molar-refractivity contribution is -0.141. The van der Waals surface area contributed by atoms with Gasteiger partial charge >= 0.3 is 6.09 Å². The molecule has 1 aromatic carbocycles.